The minimum absolute atomic E-state index is 0.226. The lowest BCUT2D eigenvalue weighted by Gasteiger charge is -2.27. The predicted octanol–water partition coefficient (Wildman–Crippen LogP) is 2.50. The fourth-order valence-electron chi connectivity index (χ4n) is 3.39. The van der Waals surface area contributed by atoms with Crippen LogP contribution in [0, 0.1) is 0 Å². The number of nitrogens with one attached hydrogen (secondary N) is 2. The third-order valence-corrected chi connectivity index (χ3v) is 5.11. The first-order valence-corrected chi connectivity index (χ1v) is 10.4. The van der Waals surface area contributed by atoms with Crippen LogP contribution in [0.1, 0.15) is 23.2 Å². The number of carbonyl (C=O) groups is 2. The Morgan fingerprint density at radius 3 is 2.55 bits per heavy atom. The smallest absolute Gasteiger partial charge is 0.321 e. The Balaban J connectivity index is 1.59. The molecule has 8 heteroatoms. The fourth-order valence-corrected chi connectivity index (χ4v) is 3.39. The number of nitrogens with zero attached hydrogens (tertiary/aromatic N) is 1. The molecule has 0 unspecified atom stereocenters. The number of ether oxygens (including phenoxy) is 2. The van der Waals surface area contributed by atoms with Gasteiger partial charge in [0.05, 0.1) is 18.8 Å². The van der Waals surface area contributed by atoms with Crippen molar-refractivity contribution in [1.29, 1.82) is 0 Å². The number of rotatable bonds is 7. The van der Waals surface area contributed by atoms with Gasteiger partial charge in [-0.2, -0.15) is 0 Å². The molecule has 0 bridgehead atoms. The maximum Gasteiger partial charge on any atom is 0.321 e. The van der Waals surface area contributed by atoms with Crippen LogP contribution in [-0.4, -0.2) is 67.5 Å². The molecular formula is C23H29N3O5. The van der Waals surface area contributed by atoms with Gasteiger partial charge in [-0.15, -0.1) is 0 Å². The van der Waals surface area contributed by atoms with Gasteiger partial charge in [0.1, 0.15) is 12.4 Å². The summed E-state index contributed by atoms with van der Waals surface area (Å²) < 4.78 is 10.4. The second-order valence-corrected chi connectivity index (χ2v) is 7.40. The van der Waals surface area contributed by atoms with Gasteiger partial charge in [0, 0.05) is 31.5 Å². The second-order valence-electron chi connectivity index (χ2n) is 7.40. The number of carbonyl (C=O) groups excluding carboxylic acids is 2. The number of benzene rings is 2. The number of aliphatic hydroxyl groups is 1. The standard InChI is InChI=1S/C23H29N3O5/c1-30-14-15-31-19-11-9-17(10-12-19)22(28)25-20-16-26(13-5-8-21(20)27)23(29)24-18-6-3-2-4-7-18/h2-4,6-7,9-12,20-21,27H,5,8,13-16H2,1H3,(H,24,29)(H,25,28)/t20-,21+/m0/s1. The summed E-state index contributed by atoms with van der Waals surface area (Å²) in [5.41, 5.74) is 1.15. The minimum Gasteiger partial charge on any atom is -0.491 e. The molecule has 1 aliphatic heterocycles. The molecule has 2 aromatic carbocycles. The van der Waals surface area contributed by atoms with Crippen molar-refractivity contribution in [2.75, 3.05) is 38.7 Å². The van der Waals surface area contributed by atoms with Crippen LogP contribution in [0.3, 0.4) is 0 Å². The van der Waals surface area contributed by atoms with Gasteiger partial charge in [-0.05, 0) is 49.2 Å². The first-order chi connectivity index (χ1) is 15.1. The van der Waals surface area contributed by atoms with Crippen LogP contribution in [-0.2, 0) is 4.74 Å². The van der Waals surface area contributed by atoms with Crippen molar-refractivity contribution in [3.05, 3.63) is 60.2 Å². The monoisotopic (exact) mass is 427 g/mol. The molecule has 1 saturated heterocycles. The van der Waals surface area contributed by atoms with E-state index in [1.54, 1.807) is 36.3 Å². The summed E-state index contributed by atoms with van der Waals surface area (Å²) in [6, 6.07) is 15.1. The van der Waals surface area contributed by atoms with Crippen molar-refractivity contribution in [2.24, 2.45) is 0 Å². The van der Waals surface area contributed by atoms with Crippen molar-refractivity contribution in [1.82, 2.24) is 10.2 Å². The summed E-state index contributed by atoms with van der Waals surface area (Å²) in [6.45, 7) is 1.65. The highest BCUT2D eigenvalue weighted by Gasteiger charge is 2.29. The van der Waals surface area contributed by atoms with Crippen LogP contribution >= 0.6 is 0 Å². The van der Waals surface area contributed by atoms with Gasteiger partial charge in [0.15, 0.2) is 0 Å². The van der Waals surface area contributed by atoms with Crippen molar-refractivity contribution in [2.45, 2.75) is 25.0 Å². The van der Waals surface area contributed by atoms with E-state index in [0.29, 0.717) is 49.6 Å². The van der Waals surface area contributed by atoms with Crippen LogP contribution in [0.25, 0.3) is 0 Å². The van der Waals surface area contributed by atoms with E-state index in [4.69, 9.17) is 9.47 Å². The summed E-state index contributed by atoms with van der Waals surface area (Å²) in [6.07, 6.45) is 0.436. The van der Waals surface area contributed by atoms with Gasteiger partial charge in [-0.3, -0.25) is 4.79 Å². The number of urea groups is 1. The van der Waals surface area contributed by atoms with Crippen LogP contribution in [0.2, 0.25) is 0 Å². The molecule has 0 aromatic heterocycles. The molecule has 0 radical (unpaired) electrons. The number of hydrogen-bond donors (Lipinski definition) is 3. The molecule has 2 aromatic rings. The molecular weight excluding hydrogens is 398 g/mol. The first kappa shape index (κ1) is 22.6. The van der Waals surface area contributed by atoms with E-state index in [1.807, 2.05) is 30.3 Å². The van der Waals surface area contributed by atoms with Gasteiger partial charge in [0.25, 0.3) is 5.91 Å². The molecule has 0 saturated carbocycles. The van der Waals surface area contributed by atoms with E-state index in [-0.39, 0.29) is 18.5 Å². The Bertz CT molecular complexity index is 844. The molecule has 166 valence electrons. The van der Waals surface area contributed by atoms with E-state index in [1.165, 1.54) is 0 Å². The average Bonchev–Trinajstić information content (AvgIpc) is 2.96. The number of hydrogen-bond acceptors (Lipinski definition) is 5. The lowest BCUT2D eigenvalue weighted by atomic mass is 10.1. The third-order valence-electron chi connectivity index (χ3n) is 5.11. The highest BCUT2D eigenvalue weighted by molar-refractivity contribution is 5.94. The topological polar surface area (TPSA) is 100 Å². The molecule has 2 atom stereocenters. The van der Waals surface area contributed by atoms with Crippen molar-refractivity contribution < 1.29 is 24.2 Å². The van der Waals surface area contributed by atoms with E-state index >= 15 is 0 Å². The Morgan fingerprint density at radius 2 is 1.84 bits per heavy atom. The zero-order valence-electron chi connectivity index (χ0n) is 17.6. The summed E-state index contributed by atoms with van der Waals surface area (Å²) in [5.74, 6) is 0.338. The van der Waals surface area contributed by atoms with Gasteiger partial charge in [-0.25, -0.2) is 4.79 Å². The van der Waals surface area contributed by atoms with Crippen molar-refractivity contribution in [3.8, 4) is 5.75 Å². The lowest BCUT2D eigenvalue weighted by Crippen LogP contribution is -2.50. The van der Waals surface area contributed by atoms with Crippen LogP contribution < -0.4 is 15.4 Å². The lowest BCUT2D eigenvalue weighted by molar-refractivity contribution is 0.0811. The normalized spacial score (nSPS) is 18.7. The Morgan fingerprint density at radius 1 is 1.10 bits per heavy atom. The van der Waals surface area contributed by atoms with E-state index in [9.17, 15) is 14.7 Å². The van der Waals surface area contributed by atoms with Gasteiger partial charge in [0.2, 0.25) is 0 Å². The Hall–Kier alpha value is -3.10. The third kappa shape index (κ3) is 6.70. The Labute approximate surface area is 182 Å². The fraction of sp³-hybridized carbons (Fsp3) is 0.391. The van der Waals surface area contributed by atoms with Crippen molar-refractivity contribution >= 4 is 17.6 Å². The molecule has 1 fully saturated rings. The molecule has 3 N–H and O–H groups in total. The highest BCUT2D eigenvalue weighted by atomic mass is 16.5. The maximum absolute atomic E-state index is 12.7. The molecule has 31 heavy (non-hydrogen) atoms. The number of likely N-dealkylation sites (tertiary alicyclic amines) is 1. The summed E-state index contributed by atoms with van der Waals surface area (Å²) in [7, 11) is 1.60. The van der Waals surface area contributed by atoms with Crippen LogP contribution in [0.4, 0.5) is 10.5 Å². The summed E-state index contributed by atoms with van der Waals surface area (Å²) in [4.78, 5) is 27.0. The number of aliphatic hydroxyl groups excluding tert-OH is 1. The van der Waals surface area contributed by atoms with E-state index < -0.39 is 12.1 Å². The average molecular weight is 428 g/mol. The Kier molecular flexibility index (Phi) is 8.26. The van der Waals surface area contributed by atoms with Gasteiger partial charge >= 0.3 is 6.03 Å². The SMILES string of the molecule is COCCOc1ccc(C(=O)N[C@H]2CN(C(=O)Nc3ccccc3)CCC[C@H]2O)cc1. The second kappa shape index (κ2) is 11.3. The highest BCUT2D eigenvalue weighted by Crippen LogP contribution is 2.16. The van der Waals surface area contributed by atoms with E-state index in [2.05, 4.69) is 10.6 Å². The zero-order chi connectivity index (χ0) is 22.1. The molecule has 3 rings (SSSR count). The van der Waals surface area contributed by atoms with Crippen molar-refractivity contribution in [3.63, 3.8) is 0 Å². The summed E-state index contributed by atoms with van der Waals surface area (Å²) >= 11 is 0. The zero-order valence-corrected chi connectivity index (χ0v) is 17.6. The number of para-hydroxylation sites is 1. The largest absolute Gasteiger partial charge is 0.491 e. The van der Waals surface area contributed by atoms with E-state index in [0.717, 1.165) is 0 Å². The predicted molar refractivity (Wildman–Crippen MR) is 117 cm³/mol. The minimum atomic E-state index is -0.727. The number of methoxy groups -OCH3 is 1. The first-order valence-electron chi connectivity index (χ1n) is 10.4. The number of amides is 3. The van der Waals surface area contributed by atoms with Crippen LogP contribution in [0.15, 0.2) is 54.6 Å². The molecule has 0 spiro atoms. The number of anilines is 1. The molecule has 8 nitrogen and oxygen atoms in total. The molecule has 1 aliphatic rings. The quantitative estimate of drug-likeness (QED) is 0.590. The van der Waals surface area contributed by atoms with Crippen LogP contribution in [0.5, 0.6) is 5.75 Å². The molecule has 1 heterocycles. The summed E-state index contributed by atoms with van der Waals surface area (Å²) in [5, 5.41) is 16.2. The van der Waals surface area contributed by atoms with Gasteiger partial charge < -0.3 is 30.1 Å². The van der Waals surface area contributed by atoms with Gasteiger partial charge in [-0.1, -0.05) is 18.2 Å². The molecule has 0 aliphatic carbocycles. The maximum atomic E-state index is 12.7. The molecule has 3 amide bonds.